The van der Waals surface area contributed by atoms with Crippen molar-refractivity contribution in [2.75, 3.05) is 0 Å². The quantitative estimate of drug-likeness (QED) is 0.748. The molecule has 1 N–H and O–H groups in total. The van der Waals surface area contributed by atoms with E-state index >= 15 is 0 Å². The average molecular weight is 241 g/mol. The Kier molecular flexibility index (Phi) is 1.96. The molecule has 1 nitrogen and oxygen atoms in total. The molecule has 2 rings (SSSR count). The van der Waals surface area contributed by atoms with Crippen LogP contribution in [-0.4, -0.2) is 5.11 Å². The molecule has 0 radical (unpaired) electrons. The summed E-state index contributed by atoms with van der Waals surface area (Å²) < 4.78 is 14.0. The number of phenols is 1. The monoisotopic (exact) mass is 240 g/mol. The van der Waals surface area contributed by atoms with E-state index in [1.54, 1.807) is 12.1 Å². The molecule has 0 saturated heterocycles. The lowest BCUT2D eigenvalue weighted by atomic mass is 10.1. The number of fused-ring (bicyclic) bond motifs is 1. The predicted octanol–water partition coefficient (Wildman–Crippen LogP) is 3.45. The van der Waals surface area contributed by atoms with Crippen molar-refractivity contribution in [3.63, 3.8) is 0 Å². The molecule has 0 aromatic heterocycles. The van der Waals surface area contributed by atoms with Gasteiger partial charge in [0.1, 0.15) is 11.6 Å². The molecule has 0 heterocycles. The van der Waals surface area contributed by atoms with Gasteiger partial charge in [-0.2, -0.15) is 0 Å². The Morgan fingerprint density at radius 2 is 1.92 bits per heavy atom. The fraction of sp³-hybridized carbons (Fsp3) is 0. The maximum absolute atomic E-state index is 13.3. The molecule has 0 aliphatic rings. The average Bonchev–Trinajstić information content (AvgIpc) is 2.06. The predicted molar refractivity (Wildman–Crippen MR) is 53.3 cm³/mol. The van der Waals surface area contributed by atoms with Gasteiger partial charge in [-0.1, -0.05) is 22.0 Å². The van der Waals surface area contributed by atoms with Crippen molar-refractivity contribution in [1.29, 1.82) is 0 Å². The third-order valence-electron chi connectivity index (χ3n) is 1.85. The molecular weight excluding hydrogens is 235 g/mol. The molecule has 0 spiro atoms. The molecule has 0 atom stereocenters. The highest BCUT2D eigenvalue weighted by atomic mass is 79.9. The number of phenolic OH excluding ortho intramolecular Hbond substituents is 1. The Labute approximate surface area is 82.9 Å². The lowest BCUT2D eigenvalue weighted by molar-refractivity contribution is 0.476. The molecule has 13 heavy (non-hydrogen) atoms. The molecule has 2 aromatic carbocycles. The Bertz CT molecular complexity index is 468. The zero-order valence-electron chi connectivity index (χ0n) is 6.59. The Balaban J connectivity index is 2.87. The van der Waals surface area contributed by atoms with Crippen molar-refractivity contribution in [2.24, 2.45) is 0 Å². The molecule has 0 unspecified atom stereocenters. The van der Waals surface area contributed by atoms with E-state index < -0.39 is 0 Å². The van der Waals surface area contributed by atoms with Crippen LogP contribution in [-0.2, 0) is 0 Å². The standard InChI is InChI=1S/C10H6BrFO/c11-7-3-6-1-2-8(13)5-9(6)10(12)4-7/h1-5,13H. The van der Waals surface area contributed by atoms with E-state index in [4.69, 9.17) is 5.11 Å². The second-order valence-corrected chi connectivity index (χ2v) is 3.71. The summed E-state index contributed by atoms with van der Waals surface area (Å²) in [5.41, 5.74) is 0. The molecule has 3 heteroatoms. The minimum Gasteiger partial charge on any atom is -0.508 e. The fourth-order valence-corrected chi connectivity index (χ4v) is 1.71. The fourth-order valence-electron chi connectivity index (χ4n) is 1.27. The molecule has 0 aliphatic heterocycles. The van der Waals surface area contributed by atoms with Crippen molar-refractivity contribution in [2.45, 2.75) is 0 Å². The zero-order valence-corrected chi connectivity index (χ0v) is 8.18. The summed E-state index contributed by atoms with van der Waals surface area (Å²) in [6.45, 7) is 0. The molecule has 0 fully saturated rings. The van der Waals surface area contributed by atoms with Crippen LogP contribution in [0.15, 0.2) is 34.8 Å². The first-order valence-corrected chi connectivity index (χ1v) is 4.54. The molecule has 0 bridgehead atoms. The van der Waals surface area contributed by atoms with Gasteiger partial charge < -0.3 is 5.11 Å². The third kappa shape index (κ3) is 1.52. The van der Waals surface area contributed by atoms with Crippen LogP contribution in [0.4, 0.5) is 4.39 Å². The van der Waals surface area contributed by atoms with Gasteiger partial charge in [-0.25, -0.2) is 4.39 Å². The summed E-state index contributed by atoms with van der Waals surface area (Å²) in [5.74, 6) is -0.256. The van der Waals surface area contributed by atoms with Crippen LogP contribution >= 0.6 is 15.9 Å². The van der Waals surface area contributed by atoms with Crippen LogP contribution in [0.25, 0.3) is 10.8 Å². The van der Waals surface area contributed by atoms with E-state index in [0.29, 0.717) is 9.86 Å². The van der Waals surface area contributed by atoms with Crippen molar-refractivity contribution in [3.8, 4) is 5.75 Å². The van der Waals surface area contributed by atoms with Gasteiger partial charge in [0.25, 0.3) is 0 Å². The van der Waals surface area contributed by atoms with Gasteiger partial charge in [-0.05, 0) is 29.7 Å². The maximum atomic E-state index is 13.3. The second kappa shape index (κ2) is 3.00. The normalized spacial score (nSPS) is 10.6. The topological polar surface area (TPSA) is 20.2 Å². The highest BCUT2D eigenvalue weighted by Crippen LogP contribution is 2.26. The second-order valence-electron chi connectivity index (χ2n) is 2.79. The lowest BCUT2D eigenvalue weighted by Gasteiger charge is -2.01. The van der Waals surface area contributed by atoms with E-state index in [-0.39, 0.29) is 11.6 Å². The minimum atomic E-state index is -0.333. The van der Waals surface area contributed by atoms with E-state index in [1.807, 2.05) is 0 Å². The van der Waals surface area contributed by atoms with E-state index in [0.717, 1.165) is 5.39 Å². The lowest BCUT2D eigenvalue weighted by Crippen LogP contribution is -1.79. The summed E-state index contributed by atoms with van der Waals surface area (Å²) in [6, 6.07) is 7.81. The number of halogens is 2. The van der Waals surface area contributed by atoms with Crippen molar-refractivity contribution >= 4 is 26.7 Å². The molecule has 66 valence electrons. The van der Waals surface area contributed by atoms with Crippen LogP contribution in [0.3, 0.4) is 0 Å². The molecule has 0 aliphatic carbocycles. The first-order valence-electron chi connectivity index (χ1n) is 3.74. The number of hydrogen-bond acceptors (Lipinski definition) is 1. The number of rotatable bonds is 0. The van der Waals surface area contributed by atoms with Crippen molar-refractivity contribution in [1.82, 2.24) is 0 Å². The van der Waals surface area contributed by atoms with Gasteiger partial charge in [-0.3, -0.25) is 0 Å². The van der Waals surface area contributed by atoms with Crippen molar-refractivity contribution in [3.05, 3.63) is 40.6 Å². The van der Waals surface area contributed by atoms with Gasteiger partial charge in [-0.15, -0.1) is 0 Å². The van der Waals surface area contributed by atoms with Crippen LogP contribution in [0.2, 0.25) is 0 Å². The van der Waals surface area contributed by atoms with Gasteiger partial charge in [0, 0.05) is 9.86 Å². The van der Waals surface area contributed by atoms with Crippen LogP contribution < -0.4 is 0 Å². The summed E-state index contributed by atoms with van der Waals surface area (Å²) in [4.78, 5) is 0. The number of aromatic hydroxyl groups is 1. The molecular formula is C10H6BrFO. The molecule has 0 saturated carbocycles. The summed E-state index contributed by atoms with van der Waals surface area (Å²) in [6.07, 6.45) is 0. The molecule has 0 amide bonds. The van der Waals surface area contributed by atoms with E-state index in [2.05, 4.69) is 15.9 Å². The van der Waals surface area contributed by atoms with Crippen LogP contribution in [0, 0.1) is 5.82 Å². The smallest absolute Gasteiger partial charge is 0.132 e. The first-order chi connectivity index (χ1) is 6.16. The SMILES string of the molecule is Oc1ccc2cc(Br)cc(F)c2c1. The van der Waals surface area contributed by atoms with Gasteiger partial charge in [0.15, 0.2) is 0 Å². The minimum absolute atomic E-state index is 0.0775. The van der Waals surface area contributed by atoms with E-state index in [1.165, 1.54) is 18.2 Å². The Hall–Kier alpha value is -1.09. The highest BCUT2D eigenvalue weighted by Gasteiger charge is 2.02. The largest absolute Gasteiger partial charge is 0.508 e. The highest BCUT2D eigenvalue weighted by molar-refractivity contribution is 9.10. The van der Waals surface area contributed by atoms with E-state index in [9.17, 15) is 4.39 Å². The Morgan fingerprint density at radius 1 is 1.15 bits per heavy atom. The van der Waals surface area contributed by atoms with Gasteiger partial charge in [0.2, 0.25) is 0 Å². The van der Waals surface area contributed by atoms with Crippen LogP contribution in [0.5, 0.6) is 5.75 Å². The third-order valence-corrected chi connectivity index (χ3v) is 2.31. The first kappa shape index (κ1) is 8.51. The summed E-state index contributed by atoms with van der Waals surface area (Å²) in [5, 5.41) is 10.3. The number of benzene rings is 2. The van der Waals surface area contributed by atoms with Crippen molar-refractivity contribution < 1.29 is 9.50 Å². The Morgan fingerprint density at radius 3 is 2.69 bits per heavy atom. The maximum Gasteiger partial charge on any atom is 0.132 e. The molecule has 2 aromatic rings. The van der Waals surface area contributed by atoms with Crippen LogP contribution in [0.1, 0.15) is 0 Å². The van der Waals surface area contributed by atoms with Gasteiger partial charge >= 0.3 is 0 Å². The number of hydrogen-bond donors (Lipinski definition) is 1. The summed E-state index contributed by atoms with van der Waals surface area (Å²) >= 11 is 3.20. The summed E-state index contributed by atoms with van der Waals surface area (Å²) in [7, 11) is 0. The zero-order chi connectivity index (χ0) is 9.42. The van der Waals surface area contributed by atoms with Gasteiger partial charge in [0.05, 0.1) is 0 Å².